The number of ether oxygens (including phenoxy) is 1. The largest absolute Gasteiger partial charge is 0.457 e. The van der Waals surface area contributed by atoms with Crippen molar-refractivity contribution < 1.29 is 31.3 Å². The van der Waals surface area contributed by atoms with Crippen LogP contribution in [0.4, 0.5) is 17.6 Å². The zero-order valence-corrected chi connectivity index (χ0v) is 18.5. The summed E-state index contributed by atoms with van der Waals surface area (Å²) in [5, 5.41) is 0. The van der Waals surface area contributed by atoms with Crippen LogP contribution in [0.1, 0.15) is 28.4 Å². The molecule has 0 aliphatic rings. The van der Waals surface area contributed by atoms with E-state index in [0.717, 1.165) is 18.6 Å². The highest BCUT2D eigenvalue weighted by molar-refractivity contribution is 7.97. The molecule has 33 heavy (non-hydrogen) atoms. The molecule has 1 atom stereocenters. The van der Waals surface area contributed by atoms with E-state index in [9.17, 15) is 26.6 Å². The number of allylic oxidation sites excluding steroid dienone is 4. The number of pyridine rings is 1. The molecule has 1 unspecified atom stereocenters. The molecular formula is C22H21F4N3O3S. The number of nitrogens with zero attached hydrogens (tertiary/aromatic N) is 2. The van der Waals surface area contributed by atoms with Gasteiger partial charge in [-0.25, -0.2) is 8.60 Å². The van der Waals surface area contributed by atoms with Gasteiger partial charge in [0.05, 0.1) is 20.9 Å². The van der Waals surface area contributed by atoms with Gasteiger partial charge in [-0.3, -0.25) is 9.78 Å². The van der Waals surface area contributed by atoms with E-state index in [1.807, 2.05) is 0 Å². The quantitative estimate of drug-likeness (QED) is 0.340. The number of carbonyl (C=O) groups is 1. The molecule has 1 amide bonds. The Balaban J connectivity index is 2.37. The zero-order valence-electron chi connectivity index (χ0n) is 17.7. The standard InChI is InChI=1S/C22H21F4N3O3S/c1-4-15(32-20-7-5-6-19(23)16(20)12-27)9-8-14(2)33(3,31)29-21(30)17-13-28-11-10-18(17)22(24,25)26/h4-11,13H,1,12,27H2,2-3H3/b14-8+,15-9+. The first kappa shape index (κ1) is 25.9. The lowest BCUT2D eigenvalue weighted by molar-refractivity contribution is -0.138. The SMILES string of the molecule is C=C/C(=C\C=C(/C)S(C)(=O)=NC(=O)c1cnccc1C(F)(F)F)Oc1cccc(F)c1CN. The van der Waals surface area contributed by atoms with Crippen molar-refractivity contribution in [3.63, 3.8) is 0 Å². The molecule has 6 nitrogen and oxygen atoms in total. The highest BCUT2D eigenvalue weighted by atomic mass is 32.2. The third kappa shape index (κ3) is 6.59. The molecule has 2 N–H and O–H groups in total. The summed E-state index contributed by atoms with van der Waals surface area (Å²) in [6.07, 6.45) is 1.89. The molecular weight excluding hydrogens is 462 g/mol. The molecule has 0 radical (unpaired) electrons. The Morgan fingerprint density at radius 1 is 1.30 bits per heavy atom. The highest BCUT2D eigenvalue weighted by Gasteiger charge is 2.35. The Labute approximate surface area is 188 Å². The van der Waals surface area contributed by atoms with E-state index < -0.39 is 38.8 Å². The Kier molecular flexibility index (Phi) is 8.29. The van der Waals surface area contributed by atoms with Crippen LogP contribution in [0.15, 0.2) is 76.5 Å². The topological polar surface area (TPSA) is 94.6 Å². The maximum atomic E-state index is 13.9. The first-order valence-electron chi connectivity index (χ1n) is 9.34. The Bertz CT molecular complexity index is 1240. The van der Waals surface area contributed by atoms with Crippen LogP contribution in [0.3, 0.4) is 0 Å². The molecule has 176 valence electrons. The van der Waals surface area contributed by atoms with Crippen LogP contribution in [0.25, 0.3) is 0 Å². The van der Waals surface area contributed by atoms with Crippen LogP contribution in [0.5, 0.6) is 5.75 Å². The van der Waals surface area contributed by atoms with E-state index in [1.54, 1.807) is 0 Å². The summed E-state index contributed by atoms with van der Waals surface area (Å²) in [5.74, 6) is -1.56. The van der Waals surface area contributed by atoms with E-state index in [-0.39, 0.29) is 28.5 Å². The first-order valence-corrected chi connectivity index (χ1v) is 11.3. The molecule has 0 spiro atoms. The van der Waals surface area contributed by atoms with Crippen molar-refractivity contribution in [2.75, 3.05) is 6.26 Å². The summed E-state index contributed by atoms with van der Waals surface area (Å²) >= 11 is 0. The molecule has 0 fully saturated rings. The third-order valence-corrected chi connectivity index (χ3v) is 6.25. The Hall–Kier alpha value is -3.31. The number of carbonyl (C=O) groups excluding carboxylic acids is 1. The second-order valence-corrected chi connectivity index (χ2v) is 9.12. The monoisotopic (exact) mass is 483 g/mol. The highest BCUT2D eigenvalue weighted by Crippen LogP contribution is 2.32. The predicted octanol–water partition coefficient (Wildman–Crippen LogP) is 4.99. The van der Waals surface area contributed by atoms with Crippen molar-refractivity contribution in [1.29, 1.82) is 0 Å². The van der Waals surface area contributed by atoms with Crippen molar-refractivity contribution in [3.05, 3.63) is 94.6 Å². The number of hydrogen-bond donors (Lipinski definition) is 1. The summed E-state index contributed by atoms with van der Waals surface area (Å²) < 4.78 is 75.3. The minimum Gasteiger partial charge on any atom is -0.457 e. The van der Waals surface area contributed by atoms with Crippen molar-refractivity contribution in [3.8, 4) is 5.75 Å². The van der Waals surface area contributed by atoms with Gasteiger partial charge in [0.2, 0.25) is 0 Å². The fourth-order valence-corrected chi connectivity index (χ4v) is 3.40. The lowest BCUT2D eigenvalue weighted by Crippen LogP contribution is -2.14. The third-order valence-electron chi connectivity index (χ3n) is 4.40. The summed E-state index contributed by atoms with van der Waals surface area (Å²) in [7, 11) is -3.39. The number of amides is 1. The Morgan fingerprint density at radius 2 is 2.00 bits per heavy atom. The van der Waals surface area contributed by atoms with Gasteiger partial charge in [0, 0.05) is 35.7 Å². The molecule has 2 aromatic rings. The number of alkyl halides is 3. The molecule has 0 saturated carbocycles. The molecule has 1 heterocycles. The fourth-order valence-electron chi connectivity index (χ4n) is 2.52. The fraction of sp³-hybridized carbons (Fsp3) is 0.182. The van der Waals surface area contributed by atoms with Crippen molar-refractivity contribution in [2.24, 2.45) is 10.1 Å². The van der Waals surface area contributed by atoms with Crippen LogP contribution in [0, 0.1) is 5.82 Å². The van der Waals surface area contributed by atoms with Gasteiger partial charge < -0.3 is 10.5 Å². The van der Waals surface area contributed by atoms with Crippen molar-refractivity contribution in [1.82, 2.24) is 4.98 Å². The lowest BCUT2D eigenvalue weighted by Gasteiger charge is -2.11. The number of rotatable bonds is 7. The number of hydrogen-bond acceptors (Lipinski definition) is 5. The van der Waals surface area contributed by atoms with Crippen LogP contribution in [-0.2, 0) is 22.5 Å². The van der Waals surface area contributed by atoms with Gasteiger partial charge in [0.1, 0.15) is 17.3 Å². The summed E-state index contributed by atoms with van der Waals surface area (Å²) in [6, 6.07) is 4.81. The average Bonchev–Trinajstić information content (AvgIpc) is 2.75. The van der Waals surface area contributed by atoms with Crippen LogP contribution in [0.2, 0.25) is 0 Å². The minimum atomic E-state index is -4.80. The molecule has 0 saturated heterocycles. The van der Waals surface area contributed by atoms with Crippen molar-refractivity contribution in [2.45, 2.75) is 19.6 Å². The van der Waals surface area contributed by atoms with Gasteiger partial charge in [0.25, 0.3) is 5.91 Å². The molecule has 0 aliphatic heterocycles. The van der Waals surface area contributed by atoms with Gasteiger partial charge >= 0.3 is 6.18 Å². The summed E-state index contributed by atoms with van der Waals surface area (Å²) in [5.41, 5.74) is 3.65. The number of benzene rings is 1. The van der Waals surface area contributed by atoms with E-state index in [4.69, 9.17) is 10.5 Å². The molecule has 1 aromatic heterocycles. The van der Waals surface area contributed by atoms with Crippen LogP contribution < -0.4 is 10.5 Å². The van der Waals surface area contributed by atoms with Gasteiger partial charge in [-0.1, -0.05) is 12.6 Å². The number of aromatic nitrogens is 1. The average molecular weight is 483 g/mol. The van der Waals surface area contributed by atoms with Crippen LogP contribution >= 0.6 is 0 Å². The Morgan fingerprint density at radius 3 is 2.61 bits per heavy atom. The molecule has 0 bridgehead atoms. The second-order valence-electron chi connectivity index (χ2n) is 6.69. The van der Waals surface area contributed by atoms with Crippen LogP contribution in [-0.4, -0.2) is 21.4 Å². The smallest absolute Gasteiger partial charge is 0.417 e. The molecule has 0 aliphatic carbocycles. The normalized spacial score (nSPS) is 14.4. The zero-order chi connectivity index (χ0) is 24.8. The summed E-state index contributed by atoms with van der Waals surface area (Å²) in [4.78, 5) is 16.0. The van der Waals surface area contributed by atoms with E-state index >= 15 is 0 Å². The van der Waals surface area contributed by atoms with E-state index in [0.29, 0.717) is 6.07 Å². The van der Waals surface area contributed by atoms with Gasteiger partial charge in [0.15, 0.2) is 0 Å². The van der Waals surface area contributed by atoms with Crippen molar-refractivity contribution >= 4 is 15.6 Å². The lowest BCUT2D eigenvalue weighted by atomic mass is 10.1. The number of halogens is 4. The molecule has 1 aromatic carbocycles. The maximum Gasteiger partial charge on any atom is 0.417 e. The summed E-state index contributed by atoms with van der Waals surface area (Å²) in [6.45, 7) is 4.86. The minimum absolute atomic E-state index is 0.0783. The first-order chi connectivity index (χ1) is 15.4. The molecule has 2 rings (SSSR count). The van der Waals surface area contributed by atoms with E-state index in [2.05, 4.69) is 15.9 Å². The van der Waals surface area contributed by atoms with Gasteiger partial charge in [-0.2, -0.15) is 17.5 Å². The maximum absolute atomic E-state index is 13.9. The van der Waals surface area contributed by atoms with Gasteiger partial charge in [-0.15, -0.1) is 0 Å². The van der Waals surface area contributed by atoms with E-state index in [1.165, 1.54) is 43.4 Å². The second kappa shape index (κ2) is 10.5. The number of nitrogens with two attached hydrogens (primary N) is 1. The molecule has 11 heteroatoms. The van der Waals surface area contributed by atoms with Gasteiger partial charge in [-0.05, 0) is 43.4 Å². The predicted molar refractivity (Wildman–Crippen MR) is 117 cm³/mol.